The Kier molecular flexibility index (Phi) is 4.08. The first-order valence-electron chi connectivity index (χ1n) is 6.59. The fourth-order valence-corrected chi connectivity index (χ4v) is 1.75. The lowest BCUT2D eigenvalue weighted by Gasteiger charge is -2.15. The Morgan fingerprint density at radius 1 is 1.25 bits per heavy atom. The van der Waals surface area contributed by atoms with E-state index in [-0.39, 0.29) is 0 Å². The third-order valence-electron chi connectivity index (χ3n) is 3.05. The molecule has 2 aromatic rings. The number of nitrogens with zero attached hydrogens (tertiary/aromatic N) is 3. The van der Waals surface area contributed by atoms with Gasteiger partial charge in [-0.3, -0.25) is 0 Å². The molecule has 0 aliphatic rings. The van der Waals surface area contributed by atoms with Crippen molar-refractivity contribution in [1.29, 1.82) is 0 Å². The average Bonchev–Trinajstić information content (AvgIpc) is 2.43. The summed E-state index contributed by atoms with van der Waals surface area (Å²) in [5.41, 5.74) is 7.72. The second-order valence-corrected chi connectivity index (χ2v) is 4.80. The summed E-state index contributed by atoms with van der Waals surface area (Å²) >= 11 is 0. The Hall–Kier alpha value is -2.30. The van der Waals surface area contributed by atoms with Crippen LogP contribution in [0, 0.1) is 6.92 Å². The maximum atomic E-state index is 5.89. The number of anilines is 2. The van der Waals surface area contributed by atoms with Gasteiger partial charge in [-0.2, -0.15) is 4.98 Å². The topological polar surface area (TPSA) is 64.3 Å². The zero-order valence-electron chi connectivity index (χ0n) is 12.3. The molecule has 0 saturated carbocycles. The third kappa shape index (κ3) is 2.99. The van der Waals surface area contributed by atoms with Gasteiger partial charge in [-0.1, -0.05) is 13.0 Å². The lowest BCUT2D eigenvalue weighted by molar-refractivity contribution is 0.455. The van der Waals surface area contributed by atoms with E-state index in [4.69, 9.17) is 10.5 Å². The smallest absolute Gasteiger partial charge is 0.227 e. The SMILES string of the molecule is CCc1nc(N)c(C)c(Oc2cccc(N(C)C)c2)n1. The van der Waals surface area contributed by atoms with Crippen LogP contribution in [0.2, 0.25) is 0 Å². The molecule has 1 heterocycles. The van der Waals surface area contributed by atoms with Crippen molar-refractivity contribution in [2.75, 3.05) is 24.7 Å². The minimum atomic E-state index is 0.468. The highest BCUT2D eigenvalue weighted by Gasteiger charge is 2.10. The van der Waals surface area contributed by atoms with Crippen molar-refractivity contribution < 1.29 is 4.74 Å². The van der Waals surface area contributed by atoms with Gasteiger partial charge in [0, 0.05) is 32.3 Å². The first kappa shape index (κ1) is 14.1. The maximum absolute atomic E-state index is 5.89. The van der Waals surface area contributed by atoms with Crippen LogP contribution in [0.3, 0.4) is 0 Å². The quantitative estimate of drug-likeness (QED) is 0.927. The number of nitrogens with two attached hydrogens (primary N) is 1. The molecule has 20 heavy (non-hydrogen) atoms. The van der Waals surface area contributed by atoms with Gasteiger partial charge >= 0.3 is 0 Å². The first-order valence-corrected chi connectivity index (χ1v) is 6.59. The zero-order chi connectivity index (χ0) is 14.7. The molecule has 0 saturated heterocycles. The van der Waals surface area contributed by atoms with E-state index < -0.39 is 0 Å². The molecule has 1 aromatic carbocycles. The van der Waals surface area contributed by atoms with Crippen LogP contribution < -0.4 is 15.4 Å². The van der Waals surface area contributed by atoms with E-state index in [1.807, 2.05) is 57.1 Å². The fraction of sp³-hybridized carbons (Fsp3) is 0.333. The van der Waals surface area contributed by atoms with Crippen LogP contribution in [0.15, 0.2) is 24.3 Å². The number of nitrogen functional groups attached to an aromatic ring is 1. The van der Waals surface area contributed by atoms with Gasteiger partial charge in [-0.25, -0.2) is 4.98 Å². The molecular formula is C15H20N4O. The molecule has 106 valence electrons. The van der Waals surface area contributed by atoms with Gasteiger partial charge in [0.2, 0.25) is 5.88 Å². The number of rotatable bonds is 4. The Morgan fingerprint density at radius 3 is 2.65 bits per heavy atom. The molecule has 0 aliphatic heterocycles. The van der Waals surface area contributed by atoms with E-state index in [0.29, 0.717) is 17.5 Å². The summed E-state index contributed by atoms with van der Waals surface area (Å²) in [5, 5.41) is 0. The summed E-state index contributed by atoms with van der Waals surface area (Å²) in [4.78, 5) is 10.6. The average molecular weight is 272 g/mol. The number of aryl methyl sites for hydroxylation is 1. The Morgan fingerprint density at radius 2 is 2.00 bits per heavy atom. The van der Waals surface area contributed by atoms with E-state index in [0.717, 1.165) is 23.4 Å². The number of benzene rings is 1. The lowest BCUT2D eigenvalue weighted by Crippen LogP contribution is -2.08. The molecule has 1 aromatic heterocycles. The molecule has 0 amide bonds. The molecule has 0 fully saturated rings. The normalized spacial score (nSPS) is 10.4. The maximum Gasteiger partial charge on any atom is 0.227 e. The summed E-state index contributed by atoms with van der Waals surface area (Å²) in [6, 6.07) is 7.83. The number of ether oxygens (including phenoxy) is 1. The number of aromatic nitrogens is 2. The molecule has 2 rings (SSSR count). The highest BCUT2D eigenvalue weighted by Crippen LogP contribution is 2.28. The van der Waals surface area contributed by atoms with Crippen molar-refractivity contribution in [1.82, 2.24) is 9.97 Å². The molecule has 0 unspecified atom stereocenters. The van der Waals surface area contributed by atoms with Crippen LogP contribution in [0.1, 0.15) is 18.3 Å². The molecule has 0 aliphatic carbocycles. The predicted molar refractivity (Wildman–Crippen MR) is 81.4 cm³/mol. The van der Waals surface area contributed by atoms with Gasteiger partial charge in [0.05, 0.1) is 5.56 Å². The fourth-order valence-electron chi connectivity index (χ4n) is 1.75. The summed E-state index contributed by atoms with van der Waals surface area (Å²) in [7, 11) is 3.98. The molecule has 0 bridgehead atoms. The zero-order valence-corrected chi connectivity index (χ0v) is 12.3. The predicted octanol–water partition coefficient (Wildman–Crippen LogP) is 2.79. The molecule has 5 heteroatoms. The van der Waals surface area contributed by atoms with E-state index in [9.17, 15) is 0 Å². The lowest BCUT2D eigenvalue weighted by atomic mass is 10.3. The summed E-state index contributed by atoms with van der Waals surface area (Å²) in [6.45, 7) is 3.85. The van der Waals surface area contributed by atoms with Crippen molar-refractivity contribution >= 4 is 11.5 Å². The van der Waals surface area contributed by atoms with E-state index in [1.165, 1.54) is 0 Å². The van der Waals surface area contributed by atoms with Gasteiger partial charge in [0.25, 0.3) is 0 Å². The van der Waals surface area contributed by atoms with Gasteiger partial charge in [0.1, 0.15) is 17.4 Å². The minimum Gasteiger partial charge on any atom is -0.438 e. The van der Waals surface area contributed by atoms with Crippen LogP contribution in [0.25, 0.3) is 0 Å². The number of hydrogen-bond acceptors (Lipinski definition) is 5. The molecule has 0 atom stereocenters. The highest BCUT2D eigenvalue weighted by atomic mass is 16.5. The Balaban J connectivity index is 2.34. The van der Waals surface area contributed by atoms with Crippen molar-refractivity contribution in [2.45, 2.75) is 20.3 Å². The molecule has 0 radical (unpaired) electrons. The monoisotopic (exact) mass is 272 g/mol. The van der Waals surface area contributed by atoms with Crippen molar-refractivity contribution in [2.24, 2.45) is 0 Å². The van der Waals surface area contributed by atoms with E-state index in [1.54, 1.807) is 0 Å². The summed E-state index contributed by atoms with van der Waals surface area (Å²) in [5.74, 6) is 2.41. The number of hydrogen-bond donors (Lipinski definition) is 1. The van der Waals surface area contributed by atoms with Gasteiger partial charge in [-0.15, -0.1) is 0 Å². The van der Waals surface area contributed by atoms with Crippen LogP contribution >= 0.6 is 0 Å². The van der Waals surface area contributed by atoms with E-state index >= 15 is 0 Å². The van der Waals surface area contributed by atoms with Crippen LogP contribution in [0.4, 0.5) is 11.5 Å². The molecular weight excluding hydrogens is 252 g/mol. The molecule has 0 spiro atoms. The standard InChI is InChI=1S/C15H20N4O/c1-5-13-17-14(16)10(2)15(18-13)20-12-8-6-7-11(9-12)19(3)4/h6-9H,5H2,1-4H3,(H2,16,17,18). The second kappa shape index (κ2) is 5.77. The highest BCUT2D eigenvalue weighted by molar-refractivity contribution is 5.51. The first-order chi connectivity index (χ1) is 9.51. The Labute approximate surface area is 119 Å². The second-order valence-electron chi connectivity index (χ2n) is 4.80. The van der Waals surface area contributed by atoms with Crippen LogP contribution in [-0.2, 0) is 6.42 Å². The van der Waals surface area contributed by atoms with Crippen LogP contribution in [-0.4, -0.2) is 24.1 Å². The van der Waals surface area contributed by atoms with Crippen molar-refractivity contribution in [3.63, 3.8) is 0 Å². The third-order valence-corrected chi connectivity index (χ3v) is 3.05. The van der Waals surface area contributed by atoms with Crippen molar-refractivity contribution in [3.05, 3.63) is 35.7 Å². The van der Waals surface area contributed by atoms with E-state index in [2.05, 4.69) is 9.97 Å². The van der Waals surface area contributed by atoms with Gasteiger partial charge in [-0.05, 0) is 19.1 Å². The summed E-state index contributed by atoms with van der Waals surface area (Å²) in [6.07, 6.45) is 0.721. The van der Waals surface area contributed by atoms with Gasteiger partial charge < -0.3 is 15.4 Å². The summed E-state index contributed by atoms with van der Waals surface area (Å²) < 4.78 is 5.87. The molecule has 5 nitrogen and oxygen atoms in total. The van der Waals surface area contributed by atoms with Gasteiger partial charge in [0.15, 0.2) is 0 Å². The Bertz CT molecular complexity index is 611. The minimum absolute atomic E-state index is 0.468. The molecule has 2 N–H and O–H groups in total. The van der Waals surface area contributed by atoms with Crippen LogP contribution in [0.5, 0.6) is 11.6 Å². The van der Waals surface area contributed by atoms with Crippen molar-refractivity contribution in [3.8, 4) is 11.6 Å². The largest absolute Gasteiger partial charge is 0.438 e.